The van der Waals surface area contributed by atoms with Crippen LogP contribution in [0, 0.1) is 12.7 Å². The van der Waals surface area contributed by atoms with Crippen molar-refractivity contribution >= 4 is 5.91 Å². The van der Waals surface area contributed by atoms with Gasteiger partial charge < -0.3 is 13.9 Å². The average Bonchev–Trinajstić information content (AvgIpc) is 3.25. The number of carbonyl (C=O) groups excluding carboxylic acids is 1. The van der Waals surface area contributed by atoms with Gasteiger partial charge in [0.1, 0.15) is 11.5 Å². The Morgan fingerprint density at radius 2 is 1.93 bits per heavy atom. The van der Waals surface area contributed by atoms with Gasteiger partial charge in [-0.25, -0.2) is 4.39 Å². The van der Waals surface area contributed by atoms with E-state index in [0.29, 0.717) is 23.6 Å². The first-order valence-electron chi connectivity index (χ1n) is 9.08. The first kappa shape index (κ1) is 17.5. The highest BCUT2D eigenvalue weighted by atomic mass is 19.1. The Hall–Kier alpha value is -2.96. The number of halogens is 1. The topological polar surface area (TPSA) is 72.4 Å². The summed E-state index contributed by atoms with van der Waals surface area (Å²) in [6, 6.07) is 9.22. The maximum Gasteiger partial charge on any atom is 0.293 e. The molecule has 27 heavy (non-hydrogen) atoms. The minimum absolute atomic E-state index is 0.164. The van der Waals surface area contributed by atoms with Crippen LogP contribution in [-0.4, -0.2) is 27.7 Å². The Morgan fingerprint density at radius 3 is 2.67 bits per heavy atom. The van der Waals surface area contributed by atoms with Gasteiger partial charge in [-0.05, 0) is 44.0 Å². The highest BCUT2D eigenvalue weighted by Crippen LogP contribution is 2.32. The molecule has 0 N–H and O–H groups in total. The lowest BCUT2D eigenvalue weighted by Crippen LogP contribution is -2.34. The van der Waals surface area contributed by atoms with E-state index in [-0.39, 0.29) is 23.5 Å². The van der Waals surface area contributed by atoms with Crippen LogP contribution in [0.4, 0.5) is 4.39 Å². The molecule has 0 unspecified atom stereocenters. The smallest absolute Gasteiger partial charge is 0.293 e. The molecule has 0 saturated carbocycles. The fourth-order valence-corrected chi connectivity index (χ4v) is 3.46. The first-order chi connectivity index (χ1) is 13.1. The molecule has 1 aromatic carbocycles. The van der Waals surface area contributed by atoms with Gasteiger partial charge in [-0.1, -0.05) is 23.2 Å². The van der Waals surface area contributed by atoms with E-state index >= 15 is 0 Å². The molecule has 1 atom stereocenters. The molecule has 2 aromatic heterocycles. The van der Waals surface area contributed by atoms with Gasteiger partial charge >= 0.3 is 0 Å². The van der Waals surface area contributed by atoms with Crippen molar-refractivity contribution in [2.75, 3.05) is 6.54 Å². The molecule has 1 saturated heterocycles. The molecule has 1 aliphatic rings. The number of aromatic nitrogens is 2. The Bertz CT molecular complexity index is 932. The largest absolute Gasteiger partial charge is 0.359 e. The van der Waals surface area contributed by atoms with Crippen molar-refractivity contribution < 1.29 is 18.2 Å². The van der Waals surface area contributed by atoms with E-state index in [0.717, 1.165) is 31.4 Å². The molecule has 7 heteroatoms. The quantitative estimate of drug-likeness (QED) is 0.678. The fourth-order valence-electron chi connectivity index (χ4n) is 3.46. The number of hydrogen-bond donors (Lipinski definition) is 0. The minimum atomic E-state index is -0.326. The molecule has 6 nitrogen and oxygen atoms in total. The summed E-state index contributed by atoms with van der Waals surface area (Å²) in [7, 11) is 0. The molecule has 0 radical (unpaired) electrons. The number of carbonyl (C=O) groups is 1. The lowest BCUT2D eigenvalue weighted by molar-refractivity contribution is 0.0609. The summed E-state index contributed by atoms with van der Waals surface area (Å²) >= 11 is 0. The molecule has 3 aromatic rings. The van der Waals surface area contributed by atoms with E-state index < -0.39 is 0 Å². The molecule has 0 spiro atoms. The van der Waals surface area contributed by atoms with Crippen molar-refractivity contribution in [3.05, 3.63) is 59.4 Å². The van der Waals surface area contributed by atoms with E-state index in [1.807, 2.05) is 13.0 Å². The van der Waals surface area contributed by atoms with Gasteiger partial charge in [0.2, 0.25) is 5.76 Å². The van der Waals surface area contributed by atoms with Gasteiger partial charge in [-0.15, -0.1) is 0 Å². The zero-order valence-corrected chi connectivity index (χ0v) is 15.0. The molecule has 1 aliphatic heterocycles. The van der Waals surface area contributed by atoms with E-state index in [1.165, 1.54) is 12.1 Å². The second-order valence-electron chi connectivity index (χ2n) is 6.82. The van der Waals surface area contributed by atoms with Gasteiger partial charge in [0.05, 0.1) is 11.7 Å². The number of aryl methyl sites for hydroxylation is 1. The SMILES string of the molecule is Cc1cc([C@@H]2CCCCCN2C(=O)c2cc(-c3ccc(F)cc3)no2)on1. The lowest BCUT2D eigenvalue weighted by atomic mass is 10.1. The van der Waals surface area contributed by atoms with Crippen LogP contribution >= 0.6 is 0 Å². The summed E-state index contributed by atoms with van der Waals surface area (Å²) in [4.78, 5) is 14.9. The second-order valence-corrected chi connectivity index (χ2v) is 6.82. The molecule has 140 valence electrons. The zero-order valence-electron chi connectivity index (χ0n) is 15.0. The summed E-state index contributed by atoms with van der Waals surface area (Å²) < 4.78 is 23.9. The summed E-state index contributed by atoms with van der Waals surface area (Å²) in [6.07, 6.45) is 3.82. The molecular formula is C20H20FN3O3. The number of hydrogen-bond acceptors (Lipinski definition) is 5. The molecule has 0 bridgehead atoms. The van der Waals surface area contributed by atoms with Crippen molar-refractivity contribution in [2.45, 2.75) is 38.6 Å². The van der Waals surface area contributed by atoms with Gasteiger partial charge in [0, 0.05) is 24.2 Å². The third kappa shape index (κ3) is 3.63. The van der Waals surface area contributed by atoms with Crippen LogP contribution in [0.3, 0.4) is 0 Å². The molecule has 3 heterocycles. The Morgan fingerprint density at radius 1 is 1.11 bits per heavy atom. The van der Waals surface area contributed by atoms with E-state index in [1.54, 1.807) is 23.1 Å². The van der Waals surface area contributed by atoms with Gasteiger partial charge in [0.15, 0.2) is 5.76 Å². The minimum Gasteiger partial charge on any atom is -0.359 e. The maximum absolute atomic E-state index is 13.1. The normalized spacial score (nSPS) is 17.7. The Labute approximate surface area is 155 Å². The van der Waals surface area contributed by atoms with Crippen LogP contribution in [-0.2, 0) is 0 Å². The third-order valence-electron chi connectivity index (χ3n) is 4.85. The van der Waals surface area contributed by atoms with Crippen LogP contribution in [0.2, 0.25) is 0 Å². The predicted molar refractivity (Wildman–Crippen MR) is 95.4 cm³/mol. The summed E-state index contributed by atoms with van der Waals surface area (Å²) in [5.41, 5.74) is 1.98. The van der Waals surface area contributed by atoms with Crippen molar-refractivity contribution in [3.63, 3.8) is 0 Å². The molecule has 1 amide bonds. The fraction of sp³-hybridized carbons (Fsp3) is 0.350. The van der Waals surface area contributed by atoms with Crippen LogP contribution in [0.5, 0.6) is 0 Å². The van der Waals surface area contributed by atoms with Crippen LogP contribution in [0.15, 0.2) is 45.4 Å². The zero-order chi connectivity index (χ0) is 18.8. The van der Waals surface area contributed by atoms with E-state index in [9.17, 15) is 9.18 Å². The predicted octanol–water partition coefficient (Wildman–Crippen LogP) is 4.53. The molecule has 4 rings (SSSR count). The van der Waals surface area contributed by atoms with Crippen LogP contribution < -0.4 is 0 Å². The van der Waals surface area contributed by atoms with E-state index in [4.69, 9.17) is 9.05 Å². The van der Waals surface area contributed by atoms with Crippen molar-refractivity contribution in [1.29, 1.82) is 0 Å². The van der Waals surface area contributed by atoms with Crippen LogP contribution in [0.25, 0.3) is 11.3 Å². The van der Waals surface area contributed by atoms with Gasteiger partial charge in [-0.2, -0.15) is 0 Å². The number of benzene rings is 1. The van der Waals surface area contributed by atoms with Crippen LogP contribution in [0.1, 0.15) is 53.7 Å². The number of likely N-dealkylation sites (tertiary alicyclic amines) is 1. The Balaban J connectivity index is 1.60. The highest BCUT2D eigenvalue weighted by molar-refractivity contribution is 5.92. The number of nitrogens with zero attached hydrogens (tertiary/aromatic N) is 3. The standard InChI is InChI=1S/C20H20FN3O3/c1-13-11-18(26-22-13)17-5-3-2-4-10-24(17)20(25)19-12-16(23-27-19)14-6-8-15(21)9-7-14/h6-9,11-12,17H,2-5,10H2,1H3/t17-/m0/s1. The van der Waals surface area contributed by atoms with Crippen molar-refractivity contribution in [1.82, 2.24) is 15.2 Å². The monoisotopic (exact) mass is 369 g/mol. The number of rotatable bonds is 3. The molecular weight excluding hydrogens is 349 g/mol. The van der Waals surface area contributed by atoms with E-state index in [2.05, 4.69) is 10.3 Å². The highest BCUT2D eigenvalue weighted by Gasteiger charge is 2.32. The maximum atomic E-state index is 13.1. The average molecular weight is 369 g/mol. The Kier molecular flexibility index (Phi) is 4.75. The summed E-state index contributed by atoms with van der Waals surface area (Å²) in [5.74, 6) is 0.309. The lowest BCUT2D eigenvalue weighted by Gasteiger charge is -2.27. The third-order valence-corrected chi connectivity index (χ3v) is 4.85. The van der Waals surface area contributed by atoms with Gasteiger partial charge in [0.25, 0.3) is 5.91 Å². The molecule has 0 aliphatic carbocycles. The molecule has 1 fully saturated rings. The van der Waals surface area contributed by atoms with Gasteiger partial charge in [-0.3, -0.25) is 4.79 Å². The van der Waals surface area contributed by atoms with Crippen molar-refractivity contribution in [2.24, 2.45) is 0 Å². The van der Waals surface area contributed by atoms with Crippen molar-refractivity contribution in [3.8, 4) is 11.3 Å². The first-order valence-corrected chi connectivity index (χ1v) is 9.08. The summed E-state index contributed by atoms with van der Waals surface area (Å²) in [5, 5.41) is 7.94. The number of amides is 1. The summed E-state index contributed by atoms with van der Waals surface area (Å²) in [6.45, 7) is 2.48. The second kappa shape index (κ2) is 7.34.